The number of anilines is 1. The number of carbonyl (C=O) groups is 2. The van der Waals surface area contributed by atoms with Gasteiger partial charge in [-0.25, -0.2) is 9.18 Å². The lowest BCUT2D eigenvalue weighted by Crippen LogP contribution is -2.44. The lowest BCUT2D eigenvalue weighted by molar-refractivity contribution is -0.119. The Balaban J connectivity index is 1.69. The Morgan fingerprint density at radius 2 is 1.82 bits per heavy atom. The fraction of sp³-hybridized carbons (Fsp3) is 0.211. The number of carbonyl (C=O) groups excluding carboxylic acids is 2. The largest absolute Gasteiger partial charge is 0.462 e. The first-order valence-electron chi connectivity index (χ1n) is 8.43. The number of rotatable bonds is 7. The Kier molecular flexibility index (Phi) is 8.70. The molecule has 0 saturated heterocycles. The third-order valence-electron chi connectivity index (χ3n) is 3.42. The topological polar surface area (TPSA) is 79.5 Å². The van der Waals surface area contributed by atoms with Crippen LogP contribution in [-0.4, -0.2) is 29.3 Å². The van der Waals surface area contributed by atoms with Crippen LogP contribution in [0.4, 0.5) is 10.1 Å². The van der Waals surface area contributed by atoms with Gasteiger partial charge in [-0.05, 0) is 55.0 Å². The van der Waals surface area contributed by atoms with E-state index in [1.165, 1.54) is 17.8 Å². The van der Waals surface area contributed by atoms with Crippen molar-refractivity contribution in [2.75, 3.05) is 17.7 Å². The molecule has 148 valence electrons. The van der Waals surface area contributed by atoms with Crippen LogP contribution >= 0.6 is 24.0 Å². The maximum absolute atomic E-state index is 13.5. The molecule has 9 heteroatoms. The smallest absolute Gasteiger partial charge is 0.338 e. The summed E-state index contributed by atoms with van der Waals surface area (Å²) in [5.74, 6) is -0.417. The molecular weight excluding hydrogens is 401 g/mol. The number of halogens is 1. The van der Waals surface area contributed by atoms with E-state index in [0.717, 1.165) is 0 Å². The molecule has 0 heterocycles. The van der Waals surface area contributed by atoms with Gasteiger partial charge in [0.1, 0.15) is 5.82 Å². The number of hydrogen-bond donors (Lipinski definition) is 3. The molecule has 0 unspecified atom stereocenters. The predicted molar refractivity (Wildman–Crippen MR) is 112 cm³/mol. The molecule has 0 fully saturated rings. The zero-order chi connectivity index (χ0) is 20.4. The summed E-state index contributed by atoms with van der Waals surface area (Å²) in [4.78, 5) is 23.4. The highest BCUT2D eigenvalue weighted by Gasteiger charge is 2.07. The first-order chi connectivity index (χ1) is 13.5. The lowest BCUT2D eigenvalue weighted by Gasteiger charge is -2.12. The molecule has 6 nitrogen and oxygen atoms in total. The van der Waals surface area contributed by atoms with Crippen molar-refractivity contribution in [2.24, 2.45) is 0 Å². The van der Waals surface area contributed by atoms with Gasteiger partial charge in [-0.2, -0.15) is 0 Å². The molecule has 3 N–H and O–H groups in total. The number of hydrogen-bond acceptors (Lipinski definition) is 5. The standard InChI is InChI=1S/C19H20FN3O3S2/c1-2-26-18(25)13-7-9-15(10-8-13)21-19(27)23-22-17(24)12-28-11-14-5-3-4-6-16(14)20/h3-10H,2,11-12H2,1H3,(H,22,24)(H2,21,23,27). The molecule has 2 aromatic rings. The molecule has 0 bridgehead atoms. The molecule has 0 saturated carbocycles. The predicted octanol–water partition coefficient (Wildman–Crippen LogP) is 3.25. The summed E-state index contributed by atoms with van der Waals surface area (Å²) >= 11 is 6.39. The van der Waals surface area contributed by atoms with E-state index >= 15 is 0 Å². The van der Waals surface area contributed by atoms with Crippen molar-refractivity contribution in [3.63, 3.8) is 0 Å². The minimum atomic E-state index is -0.394. The zero-order valence-corrected chi connectivity index (χ0v) is 16.8. The van der Waals surface area contributed by atoms with Crippen molar-refractivity contribution >= 4 is 46.7 Å². The van der Waals surface area contributed by atoms with Crippen molar-refractivity contribution in [3.8, 4) is 0 Å². The second-order valence-electron chi connectivity index (χ2n) is 5.51. The molecule has 0 aliphatic rings. The van der Waals surface area contributed by atoms with Crippen molar-refractivity contribution in [2.45, 2.75) is 12.7 Å². The van der Waals surface area contributed by atoms with Gasteiger partial charge in [-0.15, -0.1) is 11.8 Å². The molecule has 28 heavy (non-hydrogen) atoms. The molecule has 0 aromatic heterocycles. The first-order valence-corrected chi connectivity index (χ1v) is 10.00. The van der Waals surface area contributed by atoms with Gasteiger partial charge < -0.3 is 10.1 Å². The van der Waals surface area contributed by atoms with Crippen molar-refractivity contribution in [1.82, 2.24) is 10.9 Å². The Labute approximate surface area is 172 Å². The maximum atomic E-state index is 13.5. The van der Waals surface area contributed by atoms with E-state index in [0.29, 0.717) is 29.2 Å². The summed E-state index contributed by atoms with van der Waals surface area (Å²) in [6.07, 6.45) is 0. The summed E-state index contributed by atoms with van der Waals surface area (Å²) < 4.78 is 18.4. The van der Waals surface area contributed by atoms with Crippen LogP contribution in [0.3, 0.4) is 0 Å². The highest BCUT2D eigenvalue weighted by molar-refractivity contribution is 7.99. The molecule has 0 atom stereocenters. The van der Waals surface area contributed by atoms with Crippen LogP contribution in [0.1, 0.15) is 22.8 Å². The Bertz CT molecular complexity index is 831. The third kappa shape index (κ3) is 7.16. The van der Waals surface area contributed by atoms with E-state index in [4.69, 9.17) is 17.0 Å². The van der Waals surface area contributed by atoms with E-state index in [1.54, 1.807) is 49.4 Å². The van der Waals surface area contributed by atoms with Crippen LogP contribution in [0.15, 0.2) is 48.5 Å². The molecule has 0 radical (unpaired) electrons. The fourth-order valence-electron chi connectivity index (χ4n) is 2.10. The Hall–Kier alpha value is -2.65. The number of ether oxygens (including phenoxy) is 1. The van der Waals surface area contributed by atoms with Crippen LogP contribution in [0, 0.1) is 5.82 Å². The van der Waals surface area contributed by atoms with Crippen LogP contribution in [0.5, 0.6) is 0 Å². The van der Waals surface area contributed by atoms with E-state index in [-0.39, 0.29) is 22.6 Å². The average Bonchev–Trinajstić information content (AvgIpc) is 2.68. The van der Waals surface area contributed by atoms with E-state index < -0.39 is 5.97 Å². The Morgan fingerprint density at radius 3 is 2.50 bits per heavy atom. The molecule has 0 aliphatic heterocycles. The minimum Gasteiger partial charge on any atom is -0.462 e. The van der Waals surface area contributed by atoms with E-state index in [1.807, 2.05) is 0 Å². The summed E-state index contributed by atoms with van der Waals surface area (Å²) in [6, 6.07) is 13.0. The molecule has 0 spiro atoms. The summed E-state index contributed by atoms with van der Waals surface area (Å²) in [7, 11) is 0. The summed E-state index contributed by atoms with van der Waals surface area (Å²) in [5.41, 5.74) is 6.69. The number of esters is 1. The highest BCUT2D eigenvalue weighted by Crippen LogP contribution is 2.15. The number of thiocarbonyl (C=S) groups is 1. The lowest BCUT2D eigenvalue weighted by atomic mass is 10.2. The highest BCUT2D eigenvalue weighted by atomic mass is 32.2. The van der Waals surface area contributed by atoms with Crippen LogP contribution < -0.4 is 16.2 Å². The normalized spacial score (nSPS) is 10.1. The van der Waals surface area contributed by atoms with Gasteiger partial charge in [0.25, 0.3) is 0 Å². The van der Waals surface area contributed by atoms with E-state index in [9.17, 15) is 14.0 Å². The van der Waals surface area contributed by atoms with Gasteiger partial charge in [0.05, 0.1) is 17.9 Å². The van der Waals surface area contributed by atoms with Gasteiger partial charge in [-0.1, -0.05) is 18.2 Å². The van der Waals surface area contributed by atoms with Gasteiger partial charge >= 0.3 is 5.97 Å². The van der Waals surface area contributed by atoms with Crippen LogP contribution in [0.2, 0.25) is 0 Å². The van der Waals surface area contributed by atoms with Crippen molar-refractivity contribution < 1.29 is 18.7 Å². The second kappa shape index (κ2) is 11.3. The van der Waals surface area contributed by atoms with E-state index in [2.05, 4.69) is 16.2 Å². The van der Waals surface area contributed by atoms with Crippen LogP contribution in [0.25, 0.3) is 0 Å². The Morgan fingerprint density at radius 1 is 1.11 bits per heavy atom. The van der Waals surface area contributed by atoms with Gasteiger partial charge in [-0.3, -0.25) is 15.6 Å². The number of hydrazine groups is 1. The fourth-order valence-corrected chi connectivity index (χ4v) is 3.08. The van der Waals surface area contributed by atoms with Gasteiger partial charge in [0, 0.05) is 11.4 Å². The average molecular weight is 422 g/mol. The van der Waals surface area contributed by atoms with Crippen molar-refractivity contribution in [3.05, 3.63) is 65.5 Å². The molecule has 2 aromatic carbocycles. The van der Waals surface area contributed by atoms with Gasteiger partial charge in [0.15, 0.2) is 5.11 Å². The monoisotopic (exact) mass is 421 g/mol. The molecule has 1 amide bonds. The summed E-state index contributed by atoms with van der Waals surface area (Å²) in [5, 5.41) is 3.07. The SMILES string of the molecule is CCOC(=O)c1ccc(NC(=S)NNC(=O)CSCc2ccccc2F)cc1. The summed E-state index contributed by atoms with van der Waals surface area (Å²) in [6.45, 7) is 2.05. The van der Waals surface area contributed by atoms with Crippen LogP contribution in [-0.2, 0) is 15.3 Å². The molecular formula is C19H20FN3O3S2. The third-order valence-corrected chi connectivity index (χ3v) is 4.60. The molecule has 2 rings (SSSR count). The first kappa shape index (κ1) is 21.6. The number of amides is 1. The zero-order valence-electron chi connectivity index (χ0n) is 15.2. The number of thioether (sulfide) groups is 1. The maximum Gasteiger partial charge on any atom is 0.338 e. The van der Waals surface area contributed by atoms with Crippen molar-refractivity contribution in [1.29, 1.82) is 0 Å². The second-order valence-corrected chi connectivity index (χ2v) is 6.90. The van der Waals surface area contributed by atoms with Gasteiger partial charge in [0.2, 0.25) is 5.91 Å². The quantitative estimate of drug-likeness (QED) is 0.360. The molecule has 0 aliphatic carbocycles. The number of benzene rings is 2. The number of nitrogens with one attached hydrogen (secondary N) is 3. The minimum absolute atomic E-state index is 0.151.